The van der Waals surface area contributed by atoms with Gasteiger partial charge in [0.1, 0.15) is 22.1 Å². The lowest BCUT2D eigenvalue weighted by Gasteiger charge is -2.21. The van der Waals surface area contributed by atoms with Gasteiger partial charge in [-0.05, 0) is 44.5 Å². The topological polar surface area (TPSA) is 70.4 Å². The Bertz CT molecular complexity index is 1340. The third kappa shape index (κ3) is 4.68. The van der Waals surface area contributed by atoms with Gasteiger partial charge in [0.2, 0.25) is 0 Å². The molecule has 33 heavy (non-hydrogen) atoms. The van der Waals surface area contributed by atoms with Crippen LogP contribution in [-0.2, 0) is 11.3 Å². The molecule has 0 saturated heterocycles. The summed E-state index contributed by atoms with van der Waals surface area (Å²) in [4.78, 5) is 30.5. The number of ether oxygens (including phenoxy) is 2. The minimum Gasteiger partial charge on any atom is -0.497 e. The second-order valence-electron chi connectivity index (χ2n) is 8.77. The van der Waals surface area contributed by atoms with E-state index in [1.165, 1.54) is 18.3 Å². The molecule has 0 amide bonds. The van der Waals surface area contributed by atoms with Gasteiger partial charge in [-0.2, -0.15) is 0 Å². The number of Topliss-reactive ketones (excluding diaryl/α,β-unsaturated/α-hetero) is 1. The summed E-state index contributed by atoms with van der Waals surface area (Å²) in [6, 6.07) is 15.6. The zero-order chi connectivity index (χ0) is 23.8. The van der Waals surface area contributed by atoms with E-state index in [1.54, 1.807) is 13.3 Å². The molecule has 0 aliphatic rings. The number of hydrogen-bond acceptors (Lipinski definition) is 6. The van der Waals surface area contributed by atoms with Crippen LogP contribution < -0.4 is 4.74 Å². The van der Waals surface area contributed by atoms with Crippen LogP contribution >= 0.6 is 11.3 Å². The molecule has 2 aromatic carbocycles. The van der Waals surface area contributed by atoms with E-state index in [2.05, 4.69) is 4.98 Å². The molecule has 0 bridgehead atoms. The number of aromatic nitrogens is 2. The lowest BCUT2D eigenvalue weighted by Crippen LogP contribution is -2.26. The summed E-state index contributed by atoms with van der Waals surface area (Å²) in [6.07, 6.45) is 1.56. The van der Waals surface area contributed by atoms with E-state index in [4.69, 9.17) is 9.47 Å². The summed E-state index contributed by atoms with van der Waals surface area (Å²) < 4.78 is 13.2. The second kappa shape index (κ2) is 8.83. The van der Waals surface area contributed by atoms with E-state index in [1.807, 2.05) is 73.9 Å². The highest BCUT2D eigenvalue weighted by atomic mass is 32.1. The van der Waals surface area contributed by atoms with Crippen LogP contribution in [0.1, 0.15) is 53.4 Å². The predicted octanol–water partition coefficient (Wildman–Crippen LogP) is 5.98. The summed E-state index contributed by atoms with van der Waals surface area (Å²) in [5.41, 5.74) is 2.29. The van der Waals surface area contributed by atoms with Gasteiger partial charge in [-0.15, -0.1) is 11.3 Å². The number of ketones is 1. The molecule has 0 saturated carbocycles. The normalized spacial score (nSPS) is 11.5. The number of benzene rings is 2. The Hall–Kier alpha value is -3.45. The van der Waals surface area contributed by atoms with Crippen molar-refractivity contribution in [2.75, 3.05) is 7.11 Å². The first kappa shape index (κ1) is 22.7. The van der Waals surface area contributed by atoms with Crippen molar-refractivity contribution in [3.63, 3.8) is 0 Å². The molecule has 4 rings (SSSR count). The molecule has 0 fully saturated rings. The second-order valence-corrected chi connectivity index (χ2v) is 9.80. The van der Waals surface area contributed by atoms with E-state index >= 15 is 0 Å². The van der Waals surface area contributed by atoms with Gasteiger partial charge >= 0.3 is 5.97 Å². The molecule has 2 heterocycles. The first-order valence-electron chi connectivity index (χ1n) is 10.6. The fourth-order valence-corrected chi connectivity index (χ4v) is 4.60. The van der Waals surface area contributed by atoms with Gasteiger partial charge < -0.3 is 14.0 Å². The molecule has 0 unspecified atom stereocenters. The summed E-state index contributed by atoms with van der Waals surface area (Å²) in [5.74, 6) is 0.253. The first-order valence-corrected chi connectivity index (χ1v) is 11.4. The number of carbonyl (C=O) groups is 2. The third-order valence-electron chi connectivity index (χ3n) is 5.10. The molecule has 0 aliphatic carbocycles. The number of hydrogen-bond donors (Lipinski definition) is 0. The van der Waals surface area contributed by atoms with E-state index < -0.39 is 11.6 Å². The highest BCUT2D eigenvalue weighted by Gasteiger charge is 2.29. The van der Waals surface area contributed by atoms with Crippen molar-refractivity contribution in [2.45, 2.75) is 39.8 Å². The molecule has 2 aromatic heterocycles. The average Bonchev–Trinajstić information content (AvgIpc) is 3.36. The zero-order valence-corrected chi connectivity index (χ0v) is 20.2. The summed E-state index contributed by atoms with van der Waals surface area (Å²) in [7, 11) is 1.63. The van der Waals surface area contributed by atoms with Crippen LogP contribution in [0.15, 0.2) is 54.7 Å². The van der Waals surface area contributed by atoms with Crippen molar-refractivity contribution < 1.29 is 19.1 Å². The fraction of sp³-hybridized carbons (Fsp3) is 0.269. The molecule has 0 atom stereocenters. The Morgan fingerprint density at radius 2 is 1.85 bits per heavy atom. The maximum absolute atomic E-state index is 13.5. The molecule has 4 aromatic rings. The van der Waals surface area contributed by atoms with E-state index in [0.717, 1.165) is 22.2 Å². The molecule has 6 nitrogen and oxygen atoms in total. The SMILES string of the molecule is COc1cccc(Cn2c(C(=O)OC(C)(C)C)c(-c3ncc(C(C)=O)s3)c3ccccc32)c1. The van der Waals surface area contributed by atoms with Gasteiger partial charge in [0.15, 0.2) is 5.78 Å². The van der Waals surface area contributed by atoms with Crippen molar-refractivity contribution in [1.29, 1.82) is 0 Å². The van der Waals surface area contributed by atoms with Crippen molar-refractivity contribution in [3.05, 3.63) is 70.9 Å². The van der Waals surface area contributed by atoms with Crippen LogP contribution in [-0.4, -0.2) is 34.0 Å². The highest BCUT2D eigenvalue weighted by molar-refractivity contribution is 7.17. The van der Waals surface area contributed by atoms with Gasteiger partial charge in [-0.3, -0.25) is 4.79 Å². The largest absolute Gasteiger partial charge is 0.497 e. The summed E-state index contributed by atoms with van der Waals surface area (Å²) in [5, 5.41) is 1.49. The Morgan fingerprint density at radius 1 is 1.09 bits per heavy atom. The molecule has 170 valence electrons. The summed E-state index contributed by atoms with van der Waals surface area (Å²) >= 11 is 1.28. The number of para-hydroxylation sites is 1. The van der Waals surface area contributed by atoms with Crippen molar-refractivity contribution >= 4 is 34.0 Å². The van der Waals surface area contributed by atoms with Crippen molar-refractivity contribution in [2.24, 2.45) is 0 Å². The van der Waals surface area contributed by atoms with Gasteiger partial charge in [0.05, 0.1) is 17.6 Å². The third-order valence-corrected chi connectivity index (χ3v) is 6.22. The monoisotopic (exact) mass is 462 g/mol. The van der Waals surface area contributed by atoms with Crippen LogP contribution in [0.5, 0.6) is 5.75 Å². The van der Waals surface area contributed by atoms with Crippen LogP contribution in [0, 0.1) is 0 Å². The minimum atomic E-state index is -0.668. The predicted molar refractivity (Wildman–Crippen MR) is 130 cm³/mol. The van der Waals surface area contributed by atoms with E-state index in [-0.39, 0.29) is 5.78 Å². The maximum atomic E-state index is 13.5. The van der Waals surface area contributed by atoms with Gasteiger partial charge in [-0.25, -0.2) is 9.78 Å². The van der Waals surface area contributed by atoms with Crippen molar-refractivity contribution in [3.8, 4) is 16.3 Å². The Kier molecular flexibility index (Phi) is 6.08. The Balaban J connectivity index is 1.97. The first-order chi connectivity index (χ1) is 15.7. The zero-order valence-electron chi connectivity index (χ0n) is 19.3. The molecule has 0 aliphatic heterocycles. The fourth-order valence-electron chi connectivity index (χ4n) is 3.73. The number of rotatable bonds is 6. The molecule has 0 radical (unpaired) electrons. The van der Waals surface area contributed by atoms with Gasteiger partial charge in [0.25, 0.3) is 0 Å². The quantitative estimate of drug-likeness (QED) is 0.260. The van der Waals surface area contributed by atoms with Crippen LogP contribution in [0.2, 0.25) is 0 Å². The number of thiazole rings is 1. The van der Waals surface area contributed by atoms with Gasteiger partial charge in [-0.1, -0.05) is 30.3 Å². The Labute approximate surface area is 196 Å². The molecular weight excluding hydrogens is 436 g/mol. The smallest absolute Gasteiger partial charge is 0.356 e. The molecule has 7 heteroatoms. The van der Waals surface area contributed by atoms with E-state index in [9.17, 15) is 9.59 Å². The van der Waals surface area contributed by atoms with Crippen LogP contribution in [0.4, 0.5) is 0 Å². The summed E-state index contributed by atoms with van der Waals surface area (Å²) in [6.45, 7) is 7.49. The lowest BCUT2D eigenvalue weighted by molar-refractivity contribution is 0.00596. The number of fused-ring (bicyclic) bond motifs is 1. The Morgan fingerprint density at radius 3 is 2.52 bits per heavy atom. The van der Waals surface area contributed by atoms with Gasteiger partial charge in [0, 0.05) is 30.6 Å². The number of nitrogens with zero attached hydrogens (tertiary/aromatic N) is 2. The maximum Gasteiger partial charge on any atom is 0.356 e. The number of methoxy groups -OCH3 is 1. The highest BCUT2D eigenvalue weighted by Crippen LogP contribution is 2.38. The average molecular weight is 463 g/mol. The molecule has 0 N–H and O–H groups in total. The standard InChI is InChI=1S/C26H26N2O4S/c1-16(29)21-14-27-24(33-21)22-19-11-6-7-12-20(19)28(23(22)25(30)32-26(2,3)4)15-17-9-8-10-18(13-17)31-5/h6-14H,15H2,1-5H3. The van der Waals surface area contributed by atoms with Crippen LogP contribution in [0.25, 0.3) is 21.5 Å². The number of esters is 1. The minimum absolute atomic E-state index is 0.0577. The van der Waals surface area contributed by atoms with E-state index in [0.29, 0.717) is 27.7 Å². The van der Waals surface area contributed by atoms with Crippen LogP contribution in [0.3, 0.4) is 0 Å². The molecule has 0 spiro atoms. The lowest BCUT2D eigenvalue weighted by atomic mass is 10.1. The number of carbonyl (C=O) groups excluding carboxylic acids is 2. The molecular formula is C26H26N2O4S. The van der Waals surface area contributed by atoms with Crippen molar-refractivity contribution in [1.82, 2.24) is 9.55 Å².